The van der Waals surface area contributed by atoms with E-state index in [0.717, 1.165) is 11.6 Å². The lowest BCUT2D eigenvalue weighted by Crippen LogP contribution is -2.42. The molecule has 19 heavy (non-hydrogen) atoms. The summed E-state index contributed by atoms with van der Waals surface area (Å²) in [5, 5.41) is 6.28. The summed E-state index contributed by atoms with van der Waals surface area (Å²) >= 11 is 1.61. The van der Waals surface area contributed by atoms with Crippen LogP contribution in [0.1, 0.15) is 25.7 Å². The predicted octanol–water partition coefficient (Wildman–Crippen LogP) is 3.34. The maximum absolute atomic E-state index is 4.52. The van der Waals surface area contributed by atoms with Crippen LogP contribution in [-0.4, -0.2) is 34.4 Å². The third-order valence-corrected chi connectivity index (χ3v) is 5.35. The maximum Gasteiger partial charge on any atom is 0.117 e. The van der Waals surface area contributed by atoms with Crippen molar-refractivity contribution in [1.82, 2.24) is 9.27 Å². The highest BCUT2D eigenvalue weighted by Crippen LogP contribution is 2.32. The van der Waals surface area contributed by atoms with Crippen molar-refractivity contribution in [3.8, 4) is 0 Å². The van der Waals surface area contributed by atoms with E-state index in [0.29, 0.717) is 6.04 Å². The third kappa shape index (κ3) is 2.13. The summed E-state index contributed by atoms with van der Waals surface area (Å²) in [6.45, 7) is 2.58. The molecule has 2 aliphatic heterocycles. The summed E-state index contributed by atoms with van der Waals surface area (Å²) in [6, 6.07) is 9.88. The average Bonchev–Trinajstić information content (AvgIpc) is 3.06. The number of hydrogen-bond acceptors (Lipinski definition) is 4. The van der Waals surface area contributed by atoms with E-state index in [2.05, 4.69) is 38.9 Å². The molecule has 2 aliphatic rings. The maximum atomic E-state index is 4.52. The minimum absolute atomic E-state index is 0.628. The fraction of sp³-hybridized carbons (Fsp3) is 0.533. The first-order valence-corrected chi connectivity index (χ1v) is 8.02. The Morgan fingerprint density at radius 2 is 2.16 bits per heavy atom. The van der Waals surface area contributed by atoms with E-state index in [4.69, 9.17) is 0 Å². The molecule has 0 amide bonds. The Morgan fingerprint density at radius 3 is 3.16 bits per heavy atom. The zero-order valence-corrected chi connectivity index (χ0v) is 11.8. The van der Waals surface area contributed by atoms with E-state index < -0.39 is 0 Å². The molecule has 3 nitrogen and oxygen atoms in total. The highest BCUT2D eigenvalue weighted by atomic mass is 32.1. The van der Waals surface area contributed by atoms with Gasteiger partial charge in [-0.2, -0.15) is 4.37 Å². The number of fused-ring (bicyclic) bond motifs is 2. The van der Waals surface area contributed by atoms with Gasteiger partial charge >= 0.3 is 0 Å². The zero-order chi connectivity index (χ0) is 12.7. The molecule has 1 N–H and O–H groups in total. The molecule has 3 heterocycles. The molecule has 4 heteroatoms. The van der Waals surface area contributed by atoms with Gasteiger partial charge in [-0.05, 0) is 55.9 Å². The molecule has 0 radical (unpaired) electrons. The Bertz CT molecular complexity index is 580. The van der Waals surface area contributed by atoms with Crippen LogP contribution >= 0.6 is 11.5 Å². The van der Waals surface area contributed by atoms with Crippen molar-refractivity contribution in [2.75, 3.05) is 18.4 Å². The van der Waals surface area contributed by atoms with Gasteiger partial charge in [-0.1, -0.05) is 12.1 Å². The third-order valence-electron chi connectivity index (χ3n) is 4.54. The van der Waals surface area contributed by atoms with Gasteiger partial charge < -0.3 is 10.2 Å². The van der Waals surface area contributed by atoms with E-state index in [1.807, 2.05) is 0 Å². The predicted molar refractivity (Wildman–Crippen MR) is 80.9 cm³/mol. The van der Waals surface area contributed by atoms with Gasteiger partial charge in [0.2, 0.25) is 0 Å². The second-order valence-corrected chi connectivity index (χ2v) is 6.50. The molecular weight excluding hydrogens is 254 g/mol. The summed E-state index contributed by atoms with van der Waals surface area (Å²) in [4.78, 5) is 2.67. The number of anilines is 1. The molecule has 2 saturated heterocycles. The Morgan fingerprint density at radius 1 is 1.21 bits per heavy atom. The van der Waals surface area contributed by atoms with Crippen LogP contribution in [0, 0.1) is 0 Å². The summed E-state index contributed by atoms with van der Waals surface area (Å²) in [6.07, 6.45) is 5.34. The molecule has 1 aromatic carbocycles. The van der Waals surface area contributed by atoms with Crippen molar-refractivity contribution in [2.24, 2.45) is 0 Å². The number of aromatic nitrogens is 1. The molecule has 1 aromatic heterocycles. The number of rotatable bonds is 2. The van der Waals surface area contributed by atoms with E-state index in [1.54, 1.807) is 11.5 Å². The molecule has 0 bridgehead atoms. The second kappa shape index (κ2) is 4.76. The minimum Gasteiger partial charge on any atom is -0.372 e. The first kappa shape index (κ1) is 11.7. The highest BCUT2D eigenvalue weighted by Gasteiger charge is 2.31. The lowest BCUT2D eigenvalue weighted by atomic mass is 9.97. The van der Waals surface area contributed by atoms with Gasteiger partial charge in [0, 0.05) is 24.0 Å². The van der Waals surface area contributed by atoms with Crippen molar-refractivity contribution in [2.45, 2.75) is 37.8 Å². The SMILES string of the molecule is c1ccc2c(NC3CCN4CCCC4C3)snc2c1. The second-order valence-electron chi connectivity index (χ2n) is 5.73. The van der Waals surface area contributed by atoms with Crippen LogP contribution in [0.4, 0.5) is 5.00 Å². The quantitative estimate of drug-likeness (QED) is 0.909. The zero-order valence-electron chi connectivity index (χ0n) is 11.0. The monoisotopic (exact) mass is 273 g/mol. The lowest BCUT2D eigenvalue weighted by Gasteiger charge is -2.35. The smallest absolute Gasteiger partial charge is 0.117 e. The Hall–Kier alpha value is -1.13. The van der Waals surface area contributed by atoms with Crippen molar-refractivity contribution < 1.29 is 0 Å². The minimum atomic E-state index is 0.628. The number of benzene rings is 1. The normalized spacial score (nSPS) is 27.6. The Kier molecular flexibility index (Phi) is 2.93. The van der Waals surface area contributed by atoms with Crippen LogP contribution in [0.3, 0.4) is 0 Å². The molecule has 2 fully saturated rings. The van der Waals surface area contributed by atoms with Crippen LogP contribution in [0.15, 0.2) is 24.3 Å². The van der Waals surface area contributed by atoms with Crippen molar-refractivity contribution in [3.05, 3.63) is 24.3 Å². The molecule has 100 valence electrons. The molecule has 4 rings (SSSR count). The molecule has 2 aromatic rings. The van der Waals surface area contributed by atoms with Crippen LogP contribution < -0.4 is 5.32 Å². The van der Waals surface area contributed by atoms with E-state index in [1.165, 1.54) is 49.2 Å². The number of nitrogens with one attached hydrogen (secondary N) is 1. The number of nitrogens with zero attached hydrogens (tertiary/aromatic N) is 2. The van der Waals surface area contributed by atoms with Gasteiger partial charge in [0.05, 0.1) is 5.52 Å². The van der Waals surface area contributed by atoms with E-state index in [-0.39, 0.29) is 0 Å². The van der Waals surface area contributed by atoms with Crippen LogP contribution in [0.25, 0.3) is 10.9 Å². The summed E-state index contributed by atoms with van der Waals surface area (Å²) in [5.74, 6) is 0. The summed E-state index contributed by atoms with van der Waals surface area (Å²) in [5.41, 5.74) is 1.12. The number of piperidine rings is 1. The van der Waals surface area contributed by atoms with Crippen LogP contribution in [0.5, 0.6) is 0 Å². The standard InChI is InChI=1S/C15H19N3S/c1-2-6-14-13(5-1)15(19-17-14)16-11-7-9-18-8-3-4-12(18)10-11/h1-2,5-6,11-12,16H,3-4,7-10H2. The first-order chi connectivity index (χ1) is 9.40. The summed E-state index contributed by atoms with van der Waals surface area (Å²) in [7, 11) is 0. The molecule has 0 aliphatic carbocycles. The largest absolute Gasteiger partial charge is 0.372 e. The summed E-state index contributed by atoms with van der Waals surface area (Å²) < 4.78 is 4.52. The Balaban J connectivity index is 1.52. The number of hydrogen-bond donors (Lipinski definition) is 1. The van der Waals surface area contributed by atoms with Gasteiger partial charge in [0.15, 0.2) is 0 Å². The van der Waals surface area contributed by atoms with Crippen molar-refractivity contribution >= 4 is 27.4 Å². The molecule has 0 saturated carbocycles. The van der Waals surface area contributed by atoms with E-state index in [9.17, 15) is 0 Å². The van der Waals surface area contributed by atoms with Crippen molar-refractivity contribution in [3.63, 3.8) is 0 Å². The van der Waals surface area contributed by atoms with Gasteiger partial charge in [-0.15, -0.1) is 0 Å². The van der Waals surface area contributed by atoms with Gasteiger partial charge in [-0.3, -0.25) is 0 Å². The first-order valence-electron chi connectivity index (χ1n) is 7.25. The average molecular weight is 273 g/mol. The Labute approximate surface area is 117 Å². The van der Waals surface area contributed by atoms with Crippen molar-refractivity contribution in [1.29, 1.82) is 0 Å². The fourth-order valence-electron chi connectivity index (χ4n) is 3.53. The molecular formula is C15H19N3S. The highest BCUT2D eigenvalue weighted by molar-refractivity contribution is 7.11. The topological polar surface area (TPSA) is 28.2 Å². The van der Waals surface area contributed by atoms with Crippen LogP contribution in [-0.2, 0) is 0 Å². The van der Waals surface area contributed by atoms with Crippen LogP contribution in [0.2, 0.25) is 0 Å². The van der Waals surface area contributed by atoms with E-state index >= 15 is 0 Å². The van der Waals surface area contributed by atoms with Gasteiger partial charge in [0.25, 0.3) is 0 Å². The van der Waals surface area contributed by atoms with Gasteiger partial charge in [0.1, 0.15) is 5.00 Å². The molecule has 2 unspecified atom stereocenters. The molecule has 0 spiro atoms. The van der Waals surface area contributed by atoms with Gasteiger partial charge in [-0.25, -0.2) is 0 Å². The fourth-order valence-corrected chi connectivity index (χ4v) is 4.37. The molecule has 2 atom stereocenters. The lowest BCUT2D eigenvalue weighted by molar-refractivity contribution is 0.188.